The molecule has 1 heterocycles. The number of esters is 1. The lowest BCUT2D eigenvalue weighted by atomic mass is 9.79. The number of carbonyl (C=O) groups excluding carboxylic acids is 2. The first-order valence-electron chi connectivity index (χ1n) is 10.7. The summed E-state index contributed by atoms with van der Waals surface area (Å²) in [5.74, 6) is -0.968. The summed E-state index contributed by atoms with van der Waals surface area (Å²) in [7, 11) is 0. The number of nitrogens with one attached hydrogen (secondary N) is 1. The van der Waals surface area contributed by atoms with E-state index in [4.69, 9.17) is 9.47 Å². The highest BCUT2D eigenvalue weighted by Crippen LogP contribution is 2.33. The third-order valence-electron chi connectivity index (χ3n) is 5.94. The van der Waals surface area contributed by atoms with Crippen molar-refractivity contribution in [1.29, 1.82) is 0 Å². The molecule has 0 atom stereocenters. The largest absolute Gasteiger partial charge is 0.452 e. The van der Waals surface area contributed by atoms with Crippen LogP contribution in [0.2, 0.25) is 0 Å². The number of morpholine rings is 1. The third-order valence-corrected chi connectivity index (χ3v) is 5.94. The van der Waals surface area contributed by atoms with E-state index in [0.717, 1.165) is 38.8 Å². The van der Waals surface area contributed by atoms with Gasteiger partial charge in [-0.1, -0.05) is 19.3 Å². The minimum atomic E-state index is -0.644. The van der Waals surface area contributed by atoms with E-state index in [9.17, 15) is 19.7 Å². The highest BCUT2D eigenvalue weighted by Gasteiger charge is 2.38. The number of amides is 1. The van der Waals surface area contributed by atoms with Crippen LogP contribution in [0.3, 0.4) is 0 Å². The van der Waals surface area contributed by atoms with Crippen LogP contribution in [0.25, 0.3) is 6.08 Å². The van der Waals surface area contributed by atoms with Gasteiger partial charge in [-0.05, 0) is 36.6 Å². The molecule has 1 saturated heterocycles. The average molecular weight is 431 g/mol. The number of carbonyl (C=O) groups is 2. The number of ether oxygens (including phenoxy) is 2. The van der Waals surface area contributed by atoms with Crippen LogP contribution >= 0.6 is 0 Å². The minimum Gasteiger partial charge on any atom is -0.452 e. The summed E-state index contributed by atoms with van der Waals surface area (Å²) < 4.78 is 10.5. The maximum Gasteiger partial charge on any atom is 0.331 e. The molecule has 0 aromatic heterocycles. The zero-order valence-electron chi connectivity index (χ0n) is 17.6. The summed E-state index contributed by atoms with van der Waals surface area (Å²) in [4.78, 5) is 36.8. The van der Waals surface area contributed by atoms with Crippen LogP contribution in [0.1, 0.15) is 37.7 Å². The highest BCUT2D eigenvalue weighted by atomic mass is 16.6. The Balaban J connectivity index is 1.45. The topological polar surface area (TPSA) is 111 Å². The SMILES string of the molecule is O=C(COC(=O)/C=C/c1ccc([N+](=O)[O-])cc1)NCC1(N2CCOCC2)CCCCC1. The Morgan fingerprint density at radius 3 is 2.48 bits per heavy atom. The molecule has 0 bridgehead atoms. The molecule has 2 aliphatic rings. The van der Waals surface area contributed by atoms with Crippen molar-refractivity contribution in [3.8, 4) is 0 Å². The van der Waals surface area contributed by atoms with E-state index in [-0.39, 0.29) is 23.7 Å². The van der Waals surface area contributed by atoms with Crippen molar-refractivity contribution in [3.63, 3.8) is 0 Å². The fraction of sp³-hybridized carbons (Fsp3) is 0.545. The van der Waals surface area contributed by atoms with E-state index in [2.05, 4.69) is 10.2 Å². The van der Waals surface area contributed by atoms with E-state index in [0.29, 0.717) is 25.3 Å². The number of rotatable bonds is 8. The van der Waals surface area contributed by atoms with Crippen LogP contribution in [-0.4, -0.2) is 66.7 Å². The fourth-order valence-corrected chi connectivity index (χ4v) is 4.22. The summed E-state index contributed by atoms with van der Waals surface area (Å²) in [6.45, 7) is 3.38. The average Bonchev–Trinajstić information content (AvgIpc) is 2.81. The Hall–Kier alpha value is -2.78. The first-order valence-corrected chi connectivity index (χ1v) is 10.7. The Morgan fingerprint density at radius 1 is 1.16 bits per heavy atom. The number of benzene rings is 1. The van der Waals surface area contributed by atoms with Gasteiger partial charge < -0.3 is 14.8 Å². The maximum absolute atomic E-state index is 12.3. The predicted molar refractivity (Wildman–Crippen MR) is 114 cm³/mol. The number of hydrogen-bond donors (Lipinski definition) is 1. The molecule has 0 unspecified atom stereocenters. The second-order valence-electron chi connectivity index (χ2n) is 7.95. The second-order valence-corrected chi connectivity index (χ2v) is 7.95. The molecular formula is C22H29N3O6. The van der Waals surface area contributed by atoms with Gasteiger partial charge in [0.15, 0.2) is 6.61 Å². The Bertz CT molecular complexity index is 796. The summed E-state index contributed by atoms with van der Waals surface area (Å²) in [5.41, 5.74) is 0.554. The van der Waals surface area contributed by atoms with Crippen molar-refractivity contribution in [1.82, 2.24) is 10.2 Å². The summed E-state index contributed by atoms with van der Waals surface area (Å²) in [6.07, 6.45) is 8.30. The lowest BCUT2D eigenvalue weighted by Crippen LogP contribution is -2.59. The quantitative estimate of drug-likeness (QED) is 0.291. The molecule has 1 aromatic carbocycles. The zero-order chi connectivity index (χ0) is 22.1. The Morgan fingerprint density at radius 2 is 1.84 bits per heavy atom. The van der Waals surface area contributed by atoms with Gasteiger partial charge in [0, 0.05) is 43.4 Å². The molecule has 3 rings (SSSR count). The molecule has 9 nitrogen and oxygen atoms in total. The van der Waals surface area contributed by atoms with Crippen LogP contribution in [0.5, 0.6) is 0 Å². The van der Waals surface area contributed by atoms with Gasteiger partial charge in [0.2, 0.25) is 0 Å². The first-order chi connectivity index (χ1) is 15.0. The van der Waals surface area contributed by atoms with Gasteiger partial charge in [-0.3, -0.25) is 19.8 Å². The summed E-state index contributed by atoms with van der Waals surface area (Å²) in [5, 5.41) is 13.6. The van der Waals surface area contributed by atoms with Crippen LogP contribution in [-0.2, 0) is 19.1 Å². The molecule has 1 aliphatic heterocycles. The molecule has 0 spiro atoms. The Labute approximate surface area is 181 Å². The summed E-state index contributed by atoms with van der Waals surface area (Å²) >= 11 is 0. The van der Waals surface area contributed by atoms with Gasteiger partial charge in [-0.25, -0.2) is 4.79 Å². The van der Waals surface area contributed by atoms with Crippen molar-refractivity contribution in [2.24, 2.45) is 0 Å². The summed E-state index contributed by atoms with van der Waals surface area (Å²) in [6, 6.07) is 5.77. The van der Waals surface area contributed by atoms with Crippen LogP contribution in [0.4, 0.5) is 5.69 Å². The molecule has 1 N–H and O–H groups in total. The van der Waals surface area contributed by atoms with Crippen molar-refractivity contribution in [2.45, 2.75) is 37.6 Å². The number of nitrogens with zero attached hydrogens (tertiary/aromatic N) is 2. The van der Waals surface area contributed by atoms with Crippen molar-refractivity contribution in [3.05, 3.63) is 46.0 Å². The molecule has 31 heavy (non-hydrogen) atoms. The monoisotopic (exact) mass is 431 g/mol. The molecule has 1 amide bonds. The van der Waals surface area contributed by atoms with E-state index in [1.165, 1.54) is 42.8 Å². The van der Waals surface area contributed by atoms with Crippen molar-refractivity contribution in [2.75, 3.05) is 39.5 Å². The van der Waals surface area contributed by atoms with E-state index in [1.54, 1.807) is 0 Å². The van der Waals surface area contributed by atoms with Crippen LogP contribution in [0.15, 0.2) is 30.3 Å². The van der Waals surface area contributed by atoms with Gasteiger partial charge in [0.05, 0.1) is 18.1 Å². The highest BCUT2D eigenvalue weighted by molar-refractivity contribution is 5.89. The van der Waals surface area contributed by atoms with Gasteiger partial charge in [-0.15, -0.1) is 0 Å². The van der Waals surface area contributed by atoms with Gasteiger partial charge in [-0.2, -0.15) is 0 Å². The molecular weight excluding hydrogens is 402 g/mol. The number of nitro benzene ring substituents is 1. The third kappa shape index (κ3) is 6.60. The molecule has 1 aliphatic carbocycles. The predicted octanol–water partition coefficient (Wildman–Crippen LogP) is 2.30. The van der Waals surface area contributed by atoms with Crippen molar-refractivity contribution >= 4 is 23.6 Å². The van der Waals surface area contributed by atoms with E-state index >= 15 is 0 Å². The lowest BCUT2D eigenvalue weighted by Gasteiger charge is -2.48. The van der Waals surface area contributed by atoms with E-state index in [1.807, 2.05) is 0 Å². The molecule has 1 aromatic rings. The molecule has 2 fully saturated rings. The van der Waals surface area contributed by atoms with Crippen molar-refractivity contribution < 1.29 is 24.0 Å². The van der Waals surface area contributed by atoms with E-state index < -0.39 is 10.9 Å². The van der Waals surface area contributed by atoms with Gasteiger partial charge in [0.1, 0.15) is 0 Å². The Kier molecular flexibility index (Phi) is 8.13. The molecule has 9 heteroatoms. The van der Waals surface area contributed by atoms with Gasteiger partial charge >= 0.3 is 5.97 Å². The number of non-ortho nitro benzene ring substituents is 1. The normalized spacial score (nSPS) is 19.1. The maximum atomic E-state index is 12.3. The van der Waals surface area contributed by atoms with Crippen LogP contribution < -0.4 is 5.32 Å². The zero-order valence-corrected chi connectivity index (χ0v) is 17.6. The molecule has 168 valence electrons. The number of nitro groups is 1. The second kappa shape index (κ2) is 11.0. The van der Waals surface area contributed by atoms with Gasteiger partial charge in [0.25, 0.3) is 11.6 Å². The smallest absolute Gasteiger partial charge is 0.331 e. The molecule has 1 saturated carbocycles. The van der Waals surface area contributed by atoms with Crippen LogP contribution in [0, 0.1) is 10.1 Å². The fourth-order valence-electron chi connectivity index (χ4n) is 4.22. The lowest BCUT2D eigenvalue weighted by molar-refractivity contribution is -0.384. The standard InChI is InChI=1S/C22H29N3O6/c26-20(16-31-21(27)9-6-18-4-7-19(8-5-18)25(28)29)23-17-22(10-2-1-3-11-22)24-12-14-30-15-13-24/h4-9H,1-3,10-17H2,(H,23,26)/b9-6+. The minimum absolute atomic E-state index is 0.0239. The number of hydrogen-bond acceptors (Lipinski definition) is 7. The first kappa shape index (κ1) is 22.9. The molecule has 0 radical (unpaired) electrons.